The van der Waals surface area contributed by atoms with E-state index in [-0.39, 0.29) is 5.41 Å². The minimum atomic E-state index is 0.0156. The summed E-state index contributed by atoms with van der Waals surface area (Å²) >= 11 is 0. The maximum atomic E-state index is 2.37. The van der Waals surface area contributed by atoms with Crippen LogP contribution in [0, 0.1) is 0 Å². The molecule has 0 bridgehead atoms. The standard InChI is InChI=1S/C28H25N/c1-28(2)25-15-9-7-14-23(25)24-18-17-21(19-26(24)28)29(3)27-16-10-8-13-22(27)20-11-5-4-6-12-20/h4-19H,1-3H3. The second-order valence-electron chi connectivity index (χ2n) is 8.34. The Morgan fingerprint density at radius 1 is 0.586 bits per heavy atom. The number of rotatable bonds is 3. The quantitative estimate of drug-likeness (QED) is 0.360. The molecule has 0 atom stereocenters. The highest BCUT2D eigenvalue weighted by molar-refractivity contribution is 5.86. The molecule has 0 saturated heterocycles. The minimum absolute atomic E-state index is 0.0156. The Hall–Kier alpha value is -3.32. The van der Waals surface area contributed by atoms with Crippen molar-refractivity contribution >= 4 is 11.4 Å². The third-order valence-electron chi connectivity index (χ3n) is 6.30. The average Bonchev–Trinajstić information content (AvgIpc) is 3.01. The third kappa shape index (κ3) is 2.77. The van der Waals surface area contributed by atoms with Gasteiger partial charge >= 0.3 is 0 Å². The molecule has 0 saturated carbocycles. The second kappa shape index (κ2) is 6.63. The van der Waals surface area contributed by atoms with Gasteiger partial charge in [-0.2, -0.15) is 0 Å². The molecule has 0 spiro atoms. The van der Waals surface area contributed by atoms with Crippen LogP contribution in [0.25, 0.3) is 22.3 Å². The van der Waals surface area contributed by atoms with E-state index in [4.69, 9.17) is 0 Å². The Bertz CT molecular complexity index is 1190. The molecule has 142 valence electrons. The summed E-state index contributed by atoms with van der Waals surface area (Å²) in [5.41, 5.74) is 10.5. The fourth-order valence-electron chi connectivity index (χ4n) is 4.67. The van der Waals surface area contributed by atoms with Crippen LogP contribution >= 0.6 is 0 Å². The molecule has 0 N–H and O–H groups in total. The molecule has 1 aliphatic rings. The van der Waals surface area contributed by atoms with Gasteiger partial charge in [-0.1, -0.05) is 92.7 Å². The fourth-order valence-corrected chi connectivity index (χ4v) is 4.67. The normalized spacial score (nSPS) is 13.6. The van der Waals surface area contributed by atoms with E-state index in [2.05, 4.69) is 123 Å². The first-order valence-corrected chi connectivity index (χ1v) is 10.2. The molecule has 1 aliphatic carbocycles. The molecule has 0 unspecified atom stereocenters. The molecule has 0 aromatic heterocycles. The van der Waals surface area contributed by atoms with E-state index in [0.717, 1.165) is 0 Å². The fraction of sp³-hybridized carbons (Fsp3) is 0.143. The van der Waals surface area contributed by atoms with Gasteiger partial charge in [-0.25, -0.2) is 0 Å². The van der Waals surface area contributed by atoms with Crippen molar-refractivity contribution in [2.75, 3.05) is 11.9 Å². The third-order valence-corrected chi connectivity index (χ3v) is 6.30. The van der Waals surface area contributed by atoms with Gasteiger partial charge in [0.15, 0.2) is 0 Å². The van der Waals surface area contributed by atoms with Crippen LogP contribution in [-0.2, 0) is 5.41 Å². The number of nitrogens with zero attached hydrogens (tertiary/aromatic N) is 1. The maximum absolute atomic E-state index is 2.37. The zero-order valence-corrected chi connectivity index (χ0v) is 17.2. The lowest BCUT2D eigenvalue weighted by Crippen LogP contribution is -2.16. The van der Waals surface area contributed by atoms with Crippen LogP contribution in [0.3, 0.4) is 0 Å². The van der Waals surface area contributed by atoms with Crippen LogP contribution in [-0.4, -0.2) is 7.05 Å². The van der Waals surface area contributed by atoms with E-state index in [1.54, 1.807) is 0 Å². The van der Waals surface area contributed by atoms with Crippen LogP contribution in [0.2, 0.25) is 0 Å². The summed E-state index contributed by atoms with van der Waals surface area (Å²) in [5, 5.41) is 0. The lowest BCUT2D eigenvalue weighted by Gasteiger charge is -2.26. The van der Waals surface area contributed by atoms with Crippen molar-refractivity contribution in [1.82, 2.24) is 0 Å². The molecular formula is C28H25N. The summed E-state index contributed by atoms with van der Waals surface area (Å²) in [6, 6.07) is 35.0. The zero-order valence-electron chi connectivity index (χ0n) is 17.2. The van der Waals surface area contributed by atoms with Crippen molar-refractivity contribution in [2.45, 2.75) is 19.3 Å². The van der Waals surface area contributed by atoms with Crippen molar-refractivity contribution in [1.29, 1.82) is 0 Å². The summed E-state index contributed by atoms with van der Waals surface area (Å²) in [6.07, 6.45) is 0. The Kier molecular flexibility index (Phi) is 4.06. The highest BCUT2D eigenvalue weighted by atomic mass is 15.1. The van der Waals surface area contributed by atoms with E-state index in [0.29, 0.717) is 0 Å². The van der Waals surface area contributed by atoms with Gasteiger partial charge in [0.25, 0.3) is 0 Å². The van der Waals surface area contributed by atoms with Crippen LogP contribution in [0.4, 0.5) is 11.4 Å². The van der Waals surface area contributed by atoms with E-state index in [1.165, 1.54) is 44.8 Å². The van der Waals surface area contributed by atoms with Crippen LogP contribution < -0.4 is 4.90 Å². The number of para-hydroxylation sites is 1. The summed E-state index contributed by atoms with van der Waals surface area (Å²) < 4.78 is 0. The van der Waals surface area contributed by atoms with Gasteiger partial charge in [0.05, 0.1) is 0 Å². The second-order valence-corrected chi connectivity index (χ2v) is 8.34. The monoisotopic (exact) mass is 375 g/mol. The molecule has 0 aliphatic heterocycles. The largest absolute Gasteiger partial charge is 0.344 e. The van der Waals surface area contributed by atoms with E-state index in [1.807, 2.05) is 0 Å². The summed E-state index contributed by atoms with van der Waals surface area (Å²) in [6.45, 7) is 4.67. The summed E-state index contributed by atoms with van der Waals surface area (Å²) in [7, 11) is 2.17. The number of anilines is 2. The van der Waals surface area contributed by atoms with Crippen LogP contribution in [0.15, 0.2) is 97.1 Å². The lowest BCUT2D eigenvalue weighted by atomic mass is 9.82. The van der Waals surface area contributed by atoms with Crippen molar-refractivity contribution in [2.24, 2.45) is 0 Å². The van der Waals surface area contributed by atoms with E-state index < -0.39 is 0 Å². The number of fused-ring (bicyclic) bond motifs is 3. The molecular weight excluding hydrogens is 350 g/mol. The molecule has 4 aromatic carbocycles. The molecule has 0 heterocycles. The summed E-state index contributed by atoms with van der Waals surface area (Å²) in [5.74, 6) is 0. The molecule has 0 amide bonds. The topological polar surface area (TPSA) is 3.24 Å². The minimum Gasteiger partial charge on any atom is -0.344 e. The van der Waals surface area contributed by atoms with Gasteiger partial charge in [0.1, 0.15) is 0 Å². The molecule has 5 rings (SSSR count). The predicted octanol–water partition coefficient (Wildman–Crippen LogP) is 7.43. The van der Waals surface area contributed by atoms with Gasteiger partial charge in [0.2, 0.25) is 0 Å². The Morgan fingerprint density at radius 3 is 2.00 bits per heavy atom. The average molecular weight is 376 g/mol. The Morgan fingerprint density at radius 2 is 1.21 bits per heavy atom. The Balaban J connectivity index is 1.61. The van der Waals surface area contributed by atoms with Gasteiger partial charge in [0, 0.05) is 29.4 Å². The van der Waals surface area contributed by atoms with E-state index >= 15 is 0 Å². The van der Waals surface area contributed by atoms with Crippen LogP contribution in [0.5, 0.6) is 0 Å². The van der Waals surface area contributed by atoms with Gasteiger partial charge in [-0.15, -0.1) is 0 Å². The highest BCUT2D eigenvalue weighted by Gasteiger charge is 2.35. The smallest absolute Gasteiger partial charge is 0.0487 e. The lowest BCUT2D eigenvalue weighted by molar-refractivity contribution is 0.660. The molecule has 1 heteroatoms. The van der Waals surface area contributed by atoms with Gasteiger partial charge in [-0.05, 0) is 46.0 Å². The SMILES string of the molecule is CN(c1ccc2c(c1)C(C)(C)c1ccccc1-2)c1ccccc1-c1ccccc1. The number of hydrogen-bond acceptors (Lipinski definition) is 1. The molecule has 29 heavy (non-hydrogen) atoms. The van der Waals surface area contributed by atoms with Gasteiger partial charge < -0.3 is 4.90 Å². The highest BCUT2D eigenvalue weighted by Crippen LogP contribution is 2.49. The maximum Gasteiger partial charge on any atom is 0.0487 e. The number of hydrogen-bond donors (Lipinski definition) is 0. The Labute approximate surface area is 173 Å². The first kappa shape index (κ1) is 17.8. The van der Waals surface area contributed by atoms with Crippen molar-refractivity contribution in [3.8, 4) is 22.3 Å². The van der Waals surface area contributed by atoms with Crippen molar-refractivity contribution in [3.63, 3.8) is 0 Å². The summed E-state index contributed by atoms with van der Waals surface area (Å²) in [4.78, 5) is 2.31. The first-order valence-electron chi connectivity index (χ1n) is 10.2. The van der Waals surface area contributed by atoms with Crippen LogP contribution in [0.1, 0.15) is 25.0 Å². The predicted molar refractivity (Wildman–Crippen MR) is 124 cm³/mol. The van der Waals surface area contributed by atoms with Crippen molar-refractivity contribution < 1.29 is 0 Å². The van der Waals surface area contributed by atoms with Gasteiger partial charge in [-0.3, -0.25) is 0 Å². The van der Waals surface area contributed by atoms with E-state index in [9.17, 15) is 0 Å². The van der Waals surface area contributed by atoms with Crippen molar-refractivity contribution in [3.05, 3.63) is 108 Å². The number of benzene rings is 4. The molecule has 0 fully saturated rings. The zero-order chi connectivity index (χ0) is 20.0. The first-order chi connectivity index (χ1) is 14.1. The molecule has 4 aromatic rings. The molecule has 1 nitrogen and oxygen atoms in total. The molecule has 0 radical (unpaired) electrons.